The first-order chi connectivity index (χ1) is 8.63. The number of halogens is 1. The summed E-state index contributed by atoms with van der Waals surface area (Å²) in [6.07, 6.45) is 0. The van der Waals surface area contributed by atoms with Crippen LogP contribution in [-0.2, 0) is 0 Å². The van der Waals surface area contributed by atoms with Gasteiger partial charge in [0.1, 0.15) is 5.75 Å². The summed E-state index contributed by atoms with van der Waals surface area (Å²) < 4.78 is 5.69. The fraction of sp³-hybridized carbons (Fsp3) is 0.0714. The topological polar surface area (TPSA) is 52.3 Å². The fourth-order valence-corrected chi connectivity index (χ4v) is 2.07. The Morgan fingerprint density at radius 1 is 1.17 bits per heavy atom. The molecule has 0 spiro atoms. The van der Waals surface area contributed by atoms with Gasteiger partial charge in [0.2, 0.25) is 0 Å². The van der Waals surface area contributed by atoms with Crippen LogP contribution in [0.4, 0.5) is 5.69 Å². The molecule has 3 nitrogen and oxygen atoms in total. The van der Waals surface area contributed by atoms with Crippen LogP contribution in [0.1, 0.15) is 15.9 Å². The number of ketones is 1. The average molecular weight is 306 g/mol. The lowest BCUT2D eigenvalue weighted by Gasteiger charge is -2.06. The first kappa shape index (κ1) is 12.6. The van der Waals surface area contributed by atoms with Crippen molar-refractivity contribution in [2.75, 3.05) is 12.8 Å². The number of anilines is 1. The standard InChI is InChI=1S/C14H12BrNO2/c1-18-10-7-5-9(6-8-10)14(17)11-3-2-4-12(16)13(11)15/h2-8H,16H2,1H3. The zero-order valence-corrected chi connectivity index (χ0v) is 11.4. The van der Waals surface area contributed by atoms with E-state index in [0.717, 1.165) is 5.75 Å². The zero-order valence-electron chi connectivity index (χ0n) is 9.81. The summed E-state index contributed by atoms with van der Waals surface area (Å²) in [6.45, 7) is 0. The maximum Gasteiger partial charge on any atom is 0.194 e. The molecule has 0 atom stereocenters. The monoisotopic (exact) mass is 305 g/mol. The van der Waals surface area contributed by atoms with Gasteiger partial charge in [-0.3, -0.25) is 4.79 Å². The highest BCUT2D eigenvalue weighted by atomic mass is 79.9. The van der Waals surface area contributed by atoms with Gasteiger partial charge in [0, 0.05) is 16.8 Å². The third-order valence-corrected chi connectivity index (χ3v) is 3.51. The van der Waals surface area contributed by atoms with E-state index in [1.165, 1.54) is 0 Å². The number of carbonyl (C=O) groups excluding carboxylic acids is 1. The van der Waals surface area contributed by atoms with E-state index in [2.05, 4.69) is 15.9 Å². The first-order valence-electron chi connectivity index (χ1n) is 5.36. The van der Waals surface area contributed by atoms with Gasteiger partial charge in [-0.2, -0.15) is 0 Å². The van der Waals surface area contributed by atoms with Crippen molar-refractivity contribution >= 4 is 27.4 Å². The summed E-state index contributed by atoms with van der Waals surface area (Å²) in [5, 5.41) is 0. The fourth-order valence-electron chi connectivity index (χ4n) is 1.62. The number of nitrogen functional groups attached to an aromatic ring is 1. The van der Waals surface area contributed by atoms with Gasteiger partial charge in [0.05, 0.1) is 11.6 Å². The van der Waals surface area contributed by atoms with Crippen LogP contribution in [0.25, 0.3) is 0 Å². The Morgan fingerprint density at radius 2 is 1.83 bits per heavy atom. The van der Waals surface area contributed by atoms with Gasteiger partial charge < -0.3 is 10.5 Å². The first-order valence-corrected chi connectivity index (χ1v) is 6.15. The third kappa shape index (κ3) is 2.38. The van der Waals surface area contributed by atoms with Crippen LogP contribution in [0.3, 0.4) is 0 Å². The Labute approximate surface area is 114 Å². The van der Waals surface area contributed by atoms with E-state index in [-0.39, 0.29) is 5.78 Å². The smallest absolute Gasteiger partial charge is 0.194 e. The molecule has 0 amide bonds. The van der Waals surface area contributed by atoms with Gasteiger partial charge in [-0.15, -0.1) is 0 Å². The summed E-state index contributed by atoms with van der Waals surface area (Å²) in [5.74, 6) is 0.648. The molecule has 0 unspecified atom stereocenters. The Bertz CT molecular complexity index is 579. The van der Waals surface area contributed by atoms with Crippen LogP contribution in [0, 0.1) is 0 Å². The molecular weight excluding hydrogens is 294 g/mol. The lowest BCUT2D eigenvalue weighted by atomic mass is 10.0. The number of rotatable bonds is 3. The molecule has 0 fully saturated rings. The molecule has 2 aromatic carbocycles. The summed E-state index contributed by atoms with van der Waals surface area (Å²) in [5.41, 5.74) is 7.47. The number of ether oxygens (including phenoxy) is 1. The van der Waals surface area contributed by atoms with E-state index in [9.17, 15) is 4.79 Å². The third-order valence-electron chi connectivity index (χ3n) is 2.63. The summed E-state index contributed by atoms with van der Waals surface area (Å²) in [4.78, 5) is 12.3. The molecule has 2 rings (SSSR count). The number of methoxy groups -OCH3 is 1. The van der Waals surface area contributed by atoms with E-state index in [1.807, 2.05) is 0 Å². The van der Waals surface area contributed by atoms with E-state index in [0.29, 0.717) is 21.3 Å². The van der Waals surface area contributed by atoms with E-state index in [1.54, 1.807) is 49.6 Å². The minimum Gasteiger partial charge on any atom is -0.497 e. The number of nitrogens with two attached hydrogens (primary N) is 1. The minimum absolute atomic E-state index is 0.0724. The Hall–Kier alpha value is -1.81. The minimum atomic E-state index is -0.0724. The Kier molecular flexibility index (Phi) is 3.67. The molecule has 2 N–H and O–H groups in total. The molecule has 0 aromatic heterocycles. The van der Waals surface area contributed by atoms with Gasteiger partial charge in [-0.05, 0) is 52.3 Å². The predicted molar refractivity (Wildman–Crippen MR) is 75.0 cm³/mol. The van der Waals surface area contributed by atoms with Crippen molar-refractivity contribution in [3.05, 3.63) is 58.1 Å². The molecule has 4 heteroatoms. The molecule has 0 saturated heterocycles. The highest BCUT2D eigenvalue weighted by Crippen LogP contribution is 2.26. The summed E-state index contributed by atoms with van der Waals surface area (Å²) >= 11 is 3.34. The van der Waals surface area contributed by atoms with Crippen molar-refractivity contribution in [2.24, 2.45) is 0 Å². The van der Waals surface area contributed by atoms with E-state index < -0.39 is 0 Å². The van der Waals surface area contributed by atoms with E-state index >= 15 is 0 Å². The normalized spacial score (nSPS) is 10.1. The largest absolute Gasteiger partial charge is 0.497 e. The molecular formula is C14H12BrNO2. The lowest BCUT2D eigenvalue weighted by molar-refractivity contribution is 0.103. The van der Waals surface area contributed by atoms with Crippen LogP contribution in [0.5, 0.6) is 5.75 Å². The SMILES string of the molecule is COc1ccc(C(=O)c2cccc(N)c2Br)cc1. The van der Waals surface area contributed by atoms with Crippen LogP contribution < -0.4 is 10.5 Å². The second-order valence-corrected chi connectivity index (χ2v) is 4.56. The molecule has 18 heavy (non-hydrogen) atoms. The van der Waals surface area contributed by atoms with Crippen molar-refractivity contribution in [3.63, 3.8) is 0 Å². The molecule has 0 aliphatic heterocycles. The number of carbonyl (C=O) groups is 1. The quantitative estimate of drug-likeness (QED) is 0.699. The van der Waals surface area contributed by atoms with E-state index in [4.69, 9.17) is 10.5 Å². The van der Waals surface area contributed by atoms with Crippen molar-refractivity contribution in [1.82, 2.24) is 0 Å². The second-order valence-electron chi connectivity index (χ2n) is 3.77. The molecule has 2 aromatic rings. The molecule has 0 aliphatic carbocycles. The number of hydrogen-bond acceptors (Lipinski definition) is 3. The van der Waals surface area contributed by atoms with Crippen molar-refractivity contribution in [1.29, 1.82) is 0 Å². The maximum absolute atomic E-state index is 12.3. The molecule has 92 valence electrons. The molecule has 0 bridgehead atoms. The zero-order chi connectivity index (χ0) is 13.1. The molecule has 0 saturated carbocycles. The van der Waals surface area contributed by atoms with Gasteiger partial charge in [-0.1, -0.05) is 6.07 Å². The van der Waals surface area contributed by atoms with Crippen molar-refractivity contribution in [2.45, 2.75) is 0 Å². The molecule has 0 aliphatic rings. The van der Waals surface area contributed by atoms with Crippen LogP contribution >= 0.6 is 15.9 Å². The summed E-state index contributed by atoms with van der Waals surface area (Å²) in [7, 11) is 1.59. The average Bonchev–Trinajstić information content (AvgIpc) is 2.41. The lowest BCUT2D eigenvalue weighted by Crippen LogP contribution is -2.03. The highest BCUT2D eigenvalue weighted by Gasteiger charge is 2.13. The van der Waals surface area contributed by atoms with Gasteiger partial charge in [-0.25, -0.2) is 0 Å². The van der Waals surface area contributed by atoms with Crippen molar-refractivity contribution < 1.29 is 9.53 Å². The second kappa shape index (κ2) is 5.23. The molecule has 0 heterocycles. The Balaban J connectivity index is 2.38. The predicted octanol–water partition coefficient (Wildman–Crippen LogP) is 3.27. The van der Waals surface area contributed by atoms with Gasteiger partial charge >= 0.3 is 0 Å². The maximum atomic E-state index is 12.3. The van der Waals surface area contributed by atoms with Gasteiger partial charge in [0.25, 0.3) is 0 Å². The van der Waals surface area contributed by atoms with Crippen molar-refractivity contribution in [3.8, 4) is 5.75 Å². The number of benzene rings is 2. The van der Waals surface area contributed by atoms with Crippen LogP contribution in [-0.4, -0.2) is 12.9 Å². The highest BCUT2D eigenvalue weighted by molar-refractivity contribution is 9.10. The van der Waals surface area contributed by atoms with Gasteiger partial charge in [0.15, 0.2) is 5.78 Å². The summed E-state index contributed by atoms with van der Waals surface area (Å²) in [6, 6.07) is 12.2. The van der Waals surface area contributed by atoms with Crippen LogP contribution in [0.15, 0.2) is 46.9 Å². The number of hydrogen-bond donors (Lipinski definition) is 1. The van der Waals surface area contributed by atoms with Crippen LogP contribution in [0.2, 0.25) is 0 Å². The molecule has 0 radical (unpaired) electrons. The Morgan fingerprint density at radius 3 is 2.44 bits per heavy atom.